The maximum absolute atomic E-state index is 11.8. The summed E-state index contributed by atoms with van der Waals surface area (Å²) in [5.41, 5.74) is 6.81. The van der Waals surface area contributed by atoms with Crippen LogP contribution in [0.3, 0.4) is 0 Å². The first-order chi connectivity index (χ1) is 9.49. The largest absolute Gasteiger partial charge is 0.508 e. The third-order valence-electron chi connectivity index (χ3n) is 3.06. The summed E-state index contributed by atoms with van der Waals surface area (Å²) in [6.45, 7) is 1.69. The molecule has 0 saturated carbocycles. The van der Waals surface area contributed by atoms with Gasteiger partial charge in [0.25, 0.3) is 0 Å². The number of nitrogens with zero attached hydrogens (tertiary/aromatic N) is 1. The molecule has 4 N–H and O–H groups in total. The van der Waals surface area contributed by atoms with Crippen LogP contribution in [0.5, 0.6) is 5.75 Å². The number of carbonyl (C=O) groups excluding carboxylic acids is 1. The van der Waals surface area contributed by atoms with E-state index in [1.807, 2.05) is 14.1 Å². The van der Waals surface area contributed by atoms with E-state index in [9.17, 15) is 9.90 Å². The number of amides is 1. The minimum Gasteiger partial charge on any atom is -0.508 e. The molecule has 1 aromatic carbocycles. The summed E-state index contributed by atoms with van der Waals surface area (Å²) in [4.78, 5) is 13.9. The van der Waals surface area contributed by atoms with Crippen LogP contribution in [-0.4, -0.2) is 49.1 Å². The molecule has 0 radical (unpaired) electrons. The Morgan fingerprint density at radius 3 is 2.55 bits per heavy atom. The maximum atomic E-state index is 11.8. The van der Waals surface area contributed by atoms with Crippen LogP contribution < -0.4 is 11.1 Å². The van der Waals surface area contributed by atoms with Crippen molar-refractivity contribution in [3.63, 3.8) is 0 Å². The van der Waals surface area contributed by atoms with E-state index in [1.54, 1.807) is 24.3 Å². The number of aromatic hydroxyl groups is 1. The van der Waals surface area contributed by atoms with Gasteiger partial charge in [0.15, 0.2) is 0 Å². The zero-order valence-corrected chi connectivity index (χ0v) is 12.3. The Kier molecular flexibility index (Phi) is 7.04. The van der Waals surface area contributed by atoms with E-state index in [0.717, 1.165) is 24.9 Å². The van der Waals surface area contributed by atoms with E-state index in [0.29, 0.717) is 13.0 Å². The number of carbonyl (C=O) groups is 1. The van der Waals surface area contributed by atoms with Gasteiger partial charge in [-0.25, -0.2) is 0 Å². The molecule has 1 aromatic rings. The van der Waals surface area contributed by atoms with Crippen molar-refractivity contribution in [2.75, 3.05) is 27.2 Å². The number of phenols is 1. The standard InChI is InChI=1S/C15H25N3O2/c1-18(2)10-4-3-9-17-15(20)14(16)11-12-5-7-13(19)8-6-12/h5-8,14,19H,3-4,9-11,16H2,1-2H3,(H,17,20)/t14-/m1/s1. The average molecular weight is 279 g/mol. The molecule has 20 heavy (non-hydrogen) atoms. The van der Waals surface area contributed by atoms with Crippen LogP contribution >= 0.6 is 0 Å². The summed E-state index contributed by atoms with van der Waals surface area (Å²) in [5, 5.41) is 12.0. The lowest BCUT2D eigenvalue weighted by Gasteiger charge is -2.13. The highest BCUT2D eigenvalue weighted by Crippen LogP contribution is 2.10. The first-order valence-corrected chi connectivity index (χ1v) is 6.95. The number of unbranched alkanes of at least 4 members (excludes halogenated alkanes) is 1. The smallest absolute Gasteiger partial charge is 0.237 e. The normalized spacial score (nSPS) is 12.4. The van der Waals surface area contributed by atoms with E-state index >= 15 is 0 Å². The molecule has 0 aromatic heterocycles. The molecule has 1 amide bonds. The molecular weight excluding hydrogens is 254 g/mol. The van der Waals surface area contributed by atoms with E-state index in [4.69, 9.17) is 5.73 Å². The fourth-order valence-corrected chi connectivity index (χ4v) is 1.87. The molecule has 5 nitrogen and oxygen atoms in total. The maximum Gasteiger partial charge on any atom is 0.237 e. The molecule has 0 aliphatic heterocycles. The van der Waals surface area contributed by atoms with E-state index in [2.05, 4.69) is 10.2 Å². The molecule has 112 valence electrons. The quantitative estimate of drug-likeness (QED) is 0.613. The Morgan fingerprint density at radius 1 is 1.30 bits per heavy atom. The number of hydrogen-bond acceptors (Lipinski definition) is 4. The SMILES string of the molecule is CN(C)CCCCNC(=O)[C@H](N)Cc1ccc(O)cc1. The lowest BCUT2D eigenvalue weighted by Crippen LogP contribution is -2.42. The zero-order chi connectivity index (χ0) is 15.0. The second kappa shape index (κ2) is 8.55. The molecule has 0 aliphatic rings. The first-order valence-electron chi connectivity index (χ1n) is 6.95. The number of nitrogens with one attached hydrogen (secondary N) is 1. The summed E-state index contributed by atoms with van der Waals surface area (Å²) < 4.78 is 0. The Labute approximate surface area is 120 Å². The van der Waals surface area contributed by atoms with Crippen molar-refractivity contribution < 1.29 is 9.90 Å². The molecule has 1 rings (SSSR count). The Bertz CT molecular complexity index is 404. The van der Waals surface area contributed by atoms with Gasteiger partial charge in [0.2, 0.25) is 5.91 Å². The Morgan fingerprint density at radius 2 is 1.95 bits per heavy atom. The zero-order valence-electron chi connectivity index (χ0n) is 12.3. The van der Waals surface area contributed by atoms with Gasteiger partial charge in [-0.05, 0) is 57.6 Å². The van der Waals surface area contributed by atoms with Crippen molar-refractivity contribution >= 4 is 5.91 Å². The highest BCUT2D eigenvalue weighted by molar-refractivity contribution is 5.81. The highest BCUT2D eigenvalue weighted by Gasteiger charge is 2.13. The second-order valence-electron chi connectivity index (χ2n) is 5.28. The lowest BCUT2D eigenvalue weighted by atomic mass is 10.1. The summed E-state index contributed by atoms with van der Waals surface area (Å²) in [6.07, 6.45) is 2.49. The van der Waals surface area contributed by atoms with Crippen LogP contribution in [0.25, 0.3) is 0 Å². The molecule has 0 bridgehead atoms. The highest BCUT2D eigenvalue weighted by atomic mass is 16.3. The van der Waals surface area contributed by atoms with Crippen LogP contribution in [0.15, 0.2) is 24.3 Å². The van der Waals surface area contributed by atoms with Gasteiger partial charge in [-0.15, -0.1) is 0 Å². The molecule has 0 saturated heterocycles. The third kappa shape index (κ3) is 6.54. The van der Waals surface area contributed by atoms with Crippen LogP contribution in [0, 0.1) is 0 Å². The van der Waals surface area contributed by atoms with Crippen LogP contribution in [0.2, 0.25) is 0 Å². The Balaban J connectivity index is 2.23. The number of nitrogens with two attached hydrogens (primary N) is 1. The molecule has 1 atom stereocenters. The van der Waals surface area contributed by atoms with Gasteiger partial charge >= 0.3 is 0 Å². The van der Waals surface area contributed by atoms with Crippen molar-refractivity contribution in [1.29, 1.82) is 0 Å². The van der Waals surface area contributed by atoms with Gasteiger partial charge in [0.1, 0.15) is 5.75 Å². The third-order valence-corrected chi connectivity index (χ3v) is 3.06. The topological polar surface area (TPSA) is 78.6 Å². The van der Waals surface area contributed by atoms with E-state index in [1.165, 1.54) is 0 Å². The van der Waals surface area contributed by atoms with Crippen LogP contribution in [0.4, 0.5) is 0 Å². The molecule has 0 aliphatic carbocycles. The van der Waals surface area contributed by atoms with Crippen molar-refractivity contribution in [3.05, 3.63) is 29.8 Å². The monoisotopic (exact) mass is 279 g/mol. The van der Waals surface area contributed by atoms with Crippen molar-refractivity contribution in [1.82, 2.24) is 10.2 Å². The van der Waals surface area contributed by atoms with Crippen molar-refractivity contribution in [3.8, 4) is 5.75 Å². The van der Waals surface area contributed by atoms with E-state index < -0.39 is 6.04 Å². The average Bonchev–Trinajstić information content (AvgIpc) is 2.40. The predicted octanol–water partition coefficient (Wildman–Crippen LogP) is 0.720. The van der Waals surface area contributed by atoms with Crippen LogP contribution in [-0.2, 0) is 11.2 Å². The summed E-state index contributed by atoms with van der Waals surface area (Å²) in [5.74, 6) is 0.0931. The van der Waals surface area contributed by atoms with E-state index in [-0.39, 0.29) is 11.7 Å². The fraction of sp³-hybridized carbons (Fsp3) is 0.533. The summed E-state index contributed by atoms with van der Waals surface area (Å²) >= 11 is 0. The molecule has 0 spiro atoms. The number of rotatable bonds is 8. The van der Waals surface area contributed by atoms with Gasteiger partial charge in [-0.3, -0.25) is 4.79 Å². The lowest BCUT2D eigenvalue weighted by molar-refractivity contribution is -0.122. The molecule has 0 fully saturated rings. The van der Waals surface area contributed by atoms with Crippen molar-refractivity contribution in [2.24, 2.45) is 5.73 Å². The van der Waals surface area contributed by atoms with Gasteiger partial charge in [-0.1, -0.05) is 12.1 Å². The predicted molar refractivity (Wildman–Crippen MR) is 80.6 cm³/mol. The number of phenolic OH excluding ortho intramolecular Hbond substituents is 1. The molecule has 5 heteroatoms. The minimum atomic E-state index is -0.548. The molecule has 0 unspecified atom stereocenters. The van der Waals surface area contributed by atoms with Gasteiger partial charge in [-0.2, -0.15) is 0 Å². The first kappa shape index (κ1) is 16.5. The van der Waals surface area contributed by atoms with Gasteiger partial charge in [0, 0.05) is 6.54 Å². The summed E-state index contributed by atoms with van der Waals surface area (Å²) in [6, 6.07) is 6.20. The summed E-state index contributed by atoms with van der Waals surface area (Å²) in [7, 11) is 4.07. The van der Waals surface area contributed by atoms with Gasteiger partial charge < -0.3 is 21.1 Å². The fourth-order valence-electron chi connectivity index (χ4n) is 1.87. The minimum absolute atomic E-state index is 0.122. The van der Waals surface area contributed by atoms with Crippen LogP contribution in [0.1, 0.15) is 18.4 Å². The number of benzene rings is 1. The van der Waals surface area contributed by atoms with Gasteiger partial charge in [0.05, 0.1) is 6.04 Å². The second-order valence-corrected chi connectivity index (χ2v) is 5.28. The van der Waals surface area contributed by atoms with Crippen molar-refractivity contribution in [2.45, 2.75) is 25.3 Å². The molecular formula is C15H25N3O2. The number of hydrogen-bond donors (Lipinski definition) is 3. The molecule has 0 heterocycles. The Hall–Kier alpha value is -1.59.